The van der Waals surface area contributed by atoms with Crippen LogP contribution in [0.5, 0.6) is 0 Å². The molecule has 0 bridgehead atoms. The first kappa shape index (κ1) is 27.0. The number of quaternary nitrogens is 1. The summed E-state index contributed by atoms with van der Waals surface area (Å²) in [4.78, 5) is 0. The van der Waals surface area contributed by atoms with Crippen molar-refractivity contribution in [3.63, 3.8) is 0 Å². The lowest BCUT2D eigenvalue weighted by molar-refractivity contribution is -0.890. The Labute approximate surface area is 169 Å². The van der Waals surface area contributed by atoms with E-state index in [1.54, 1.807) is 0 Å². The number of halogens is 2. The fourth-order valence-corrected chi connectivity index (χ4v) is 3.45. The number of rotatable bonds is 18. The summed E-state index contributed by atoms with van der Waals surface area (Å²) in [5.41, 5.74) is 0. The molecule has 0 amide bonds. The number of unbranched alkanes of at least 4 members (excludes halogenated alkanes) is 13. The third-order valence-electron chi connectivity index (χ3n) is 5.01. The summed E-state index contributed by atoms with van der Waals surface area (Å²) in [6.07, 6.45) is 21.4. The number of nitrogens with zero attached hydrogens (tertiary/aromatic N) is 1. The second-order valence-corrected chi connectivity index (χ2v) is 8.40. The zero-order valence-corrected chi connectivity index (χ0v) is 19.3. The van der Waals surface area contributed by atoms with Crippen LogP contribution < -0.4 is 17.0 Å². The molecule has 0 radical (unpaired) electrons. The van der Waals surface area contributed by atoms with Crippen LogP contribution >= 0.6 is 11.6 Å². The van der Waals surface area contributed by atoms with Gasteiger partial charge in [-0.2, -0.15) is 0 Å². The zero-order valence-electron chi connectivity index (χ0n) is 16.9. The van der Waals surface area contributed by atoms with E-state index < -0.39 is 0 Å². The minimum atomic E-state index is 0. The molecule has 0 heterocycles. The van der Waals surface area contributed by atoms with Crippen molar-refractivity contribution >= 4 is 11.6 Å². The van der Waals surface area contributed by atoms with Crippen molar-refractivity contribution in [2.75, 3.05) is 33.1 Å². The Morgan fingerprint density at radius 3 is 1.25 bits per heavy atom. The van der Waals surface area contributed by atoms with Gasteiger partial charge < -0.3 is 21.5 Å². The van der Waals surface area contributed by atoms with Crippen molar-refractivity contribution in [1.29, 1.82) is 0 Å². The van der Waals surface area contributed by atoms with Gasteiger partial charge in [0.05, 0.1) is 27.2 Å². The Kier molecular flexibility index (Phi) is 22.5. The molecule has 0 aliphatic carbocycles. The molecule has 0 aromatic heterocycles. The monoisotopic (exact) mass is 425 g/mol. The van der Waals surface area contributed by atoms with Crippen LogP contribution in [0.2, 0.25) is 0 Å². The first-order valence-corrected chi connectivity index (χ1v) is 11.0. The highest BCUT2D eigenvalue weighted by Gasteiger charge is 2.12. The van der Waals surface area contributed by atoms with Crippen LogP contribution in [0, 0.1) is 0 Å². The molecule has 0 N–H and O–H groups in total. The van der Waals surface area contributed by atoms with Gasteiger partial charge in [-0.05, 0) is 12.8 Å². The average Bonchev–Trinajstić information content (AvgIpc) is 2.53. The van der Waals surface area contributed by atoms with Gasteiger partial charge in [0.25, 0.3) is 0 Å². The van der Waals surface area contributed by atoms with Gasteiger partial charge in [-0.25, -0.2) is 0 Å². The summed E-state index contributed by atoms with van der Waals surface area (Å²) in [6.45, 7) is 4.83. The van der Waals surface area contributed by atoms with E-state index in [4.69, 9.17) is 11.6 Å². The lowest BCUT2D eigenvalue weighted by Crippen LogP contribution is -3.00. The molecule has 3 heteroatoms. The molecule has 0 aliphatic heterocycles. The van der Waals surface area contributed by atoms with Crippen molar-refractivity contribution in [3.8, 4) is 0 Å². The average molecular weight is 427 g/mol. The van der Waals surface area contributed by atoms with E-state index in [0.29, 0.717) is 0 Å². The van der Waals surface area contributed by atoms with Crippen molar-refractivity contribution in [2.24, 2.45) is 0 Å². The van der Waals surface area contributed by atoms with E-state index >= 15 is 0 Å². The van der Waals surface area contributed by atoms with Crippen LogP contribution in [-0.4, -0.2) is 37.5 Å². The van der Waals surface area contributed by atoms with Gasteiger partial charge >= 0.3 is 0 Å². The first-order chi connectivity index (χ1) is 11.1. The van der Waals surface area contributed by atoms with E-state index in [0.717, 1.165) is 16.8 Å². The second kappa shape index (κ2) is 20.0. The highest BCUT2D eigenvalue weighted by molar-refractivity contribution is 6.17. The zero-order chi connectivity index (χ0) is 17.2. The van der Waals surface area contributed by atoms with E-state index in [2.05, 4.69) is 21.0 Å². The lowest BCUT2D eigenvalue weighted by atomic mass is 10.0. The summed E-state index contributed by atoms with van der Waals surface area (Å²) in [6, 6.07) is 0. The number of alkyl halides is 1. The minimum Gasteiger partial charge on any atom is -1.00 e. The summed E-state index contributed by atoms with van der Waals surface area (Å²) in [5, 5.41) is 0. The molecule has 0 saturated carbocycles. The van der Waals surface area contributed by atoms with Gasteiger partial charge in [-0.15, -0.1) is 11.6 Å². The normalized spacial score (nSPS) is 11.5. The summed E-state index contributed by atoms with van der Waals surface area (Å²) in [5.74, 6) is 0.806. The highest BCUT2D eigenvalue weighted by Crippen LogP contribution is 2.13. The Hall–Kier alpha value is 0.730. The molecule has 0 unspecified atom stereocenters. The molecule has 0 spiro atoms. The van der Waals surface area contributed by atoms with Crippen LogP contribution in [0.15, 0.2) is 0 Å². The van der Waals surface area contributed by atoms with E-state index in [1.807, 2.05) is 0 Å². The molecule has 0 rings (SSSR count). The van der Waals surface area contributed by atoms with Gasteiger partial charge in [0.15, 0.2) is 0 Å². The fourth-order valence-electron chi connectivity index (χ4n) is 3.33. The molecule has 0 saturated heterocycles. The Balaban J connectivity index is 0. The Bertz CT molecular complexity index is 234. The maximum atomic E-state index is 5.79. The third-order valence-corrected chi connectivity index (χ3v) is 5.28. The number of hydrogen-bond donors (Lipinski definition) is 0. The van der Waals surface area contributed by atoms with Gasteiger partial charge in [-0.1, -0.05) is 84.0 Å². The second-order valence-electron chi connectivity index (χ2n) is 8.02. The van der Waals surface area contributed by atoms with Crippen LogP contribution in [0.1, 0.15) is 103 Å². The summed E-state index contributed by atoms with van der Waals surface area (Å²) in [7, 11) is 4.68. The molecule has 0 aliphatic rings. The van der Waals surface area contributed by atoms with Crippen molar-refractivity contribution in [3.05, 3.63) is 0 Å². The molecular weight excluding hydrogens is 382 g/mol. The van der Waals surface area contributed by atoms with Gasteiger partial charge in [-0.3, -0.25) is 0 Å². The molecule has 0 atom stereocenters. The maximum absolute atomic E-state index is 5.79. The van der Waals surface area contributed by atoms with Gasteiger partial charge in [0.1, 0.15) is 0 Å². The Morgan fingerprint density at radius 2 is 0.875 bits per heavy atom. The highest BCUT2D eigenvalue weighted by atomic mass is 79.9. The molecule has 0 aromatic carbocycles. The standard InChI is InChI=1S/C21H45ClN.BrH/c1-4-5-6-7-8-9-10-11-12-13-14-15-16-17-20-23(2,3)21-18-19-22;/h4-21H2,1-3H3;1H/q+1;/p-1. The molecule has 0 fully saturated rings. The fraction of sp³-hybridized carbons (Fsp3) is 1.00. The molecule has 0 aromatic rings. The SMILES string of the molecule is CCCCCCCCCCCCCCCC[N+](C)(C)CCCCl.[Br-]. The Morgan fingerprint density at radius 1 is 0.542 bits per heavy atom. The predicted octanol–water partition coefficient (Wildman–Crippen LogP) is 4.18. The summed E-state index contributed by atoms with van der Waals surface area (Å²) >= 11 is 5.79. The van der Waals surface area contributed by atoms with Crippen LogP contribution in [0.4, 0.5) is 0 Å². The predicted molar refractivity (Wildman–Crippen MR) is 107 cm³/mol. The third kappa shape index (κ3) is 20.8. The molecule has 24 heavy (non-hydrogen) atoms. The van der Waals surface area contributed by atoms with E-state index in [1.165, 1.54) is 103 Å². The first-order valence-electron chi connectivity index (χ1n) is 10.5. The lowest BCUT2D eigenvalue weighted by Gasteiger charge is -2.29. The van der Waals surface area contributed by atoms with E-state index in [-0.39, 0.29) is 17.0 Å². The minimum absolute atomic E-state index is 0. The molecule has 148 valence electrons. The quantitative estimate of drug-likeness (QED) is 0.175. The maximum Gasteiger partial charge on any atom is 0.0794 e. The van der Waals surface area contributed by atoms with Crippen LogP contribution in [0.25, 0.3) is 0 Å². The van der Waals surface area contributed by atoms with Crippen molar-refractivity contribution in [2.45, 2.75) is 103 Å². The van der Waals surface area contributed by atoms with Gasteiger partial charge in [0.2, 0.25) is 0 Å². The van der Waals surface area contributed by atoms with Crippen LogP contribution in [0.3, 0.4) is 0 Å². The smallest absolute Gasteiger partial charge is 0.0794 e. The topological polar surface area (TPSA) is 0 Å². The van der Waals surface area contributed by atoms with Crippen molar-refractivity contribution in [1.82, 2.24) is 0 Å². The molecular formula is C21H45BrClN. The van der Waals surface area contributed by atoms with Gasteiger partial charge in [0, 0.05) is 12.3 Å². The number of hydrogen-bond acceptors (Lipinski definition) is 0. The largest absolute Gasteiger partial charge is 1.00 e. The summed E-state index contributed by atoms with van der Waals surface area (Å²) < 4.78 is 1.14. The van der Waals surface area contributed by atoms with Crippen molar-refractivity contribution < 1.29 is 21.5 Å². The molecule has 1 nitrogen and oxygen atoms in total. The van der Waals surface area contributed by atoms with Crippen LogP contribution in [-0.2, 0) is 0 Å². The van der Waals surface area contributed by atoms with E-state index in [9.17, 15) is 0 Å².